The fourth-order valence-electron chi connectivity index (χ4n) is 5.28. The van der Waals surface area contributed by atoms with E-state index in [1.807, 2.05) is 32.0 Å². The summed E-state index contributed by atoms with van der Waals surface area (Å²) in [6, 6.07) is 8.85. The van der Waals surface area contributed by atoms with Gasteiger partial charge < -0.3 is 14.8 Å². The van der Waals surface area contributed by atoms with E-state index in [1.54, 1.807) is 20.1 Å². The average molecular weight is 513 g/mol. The number of hydrogen-bond donors (Lipinski definition) is 1. The average Bonchev–Trinajstić information content (AvgIpc) is 3.08. The molecule has 1 saturated heterocycles. The zero-order valence-electron chi connectivity index (χ0n) is 23.1. The molecule has 1 aliphatic heterocycles. The van der Waals surface area contributed by atoms with Crippen molar-refractivity contribution in [2.24, 2.45) is 0 Å². The topological polar surface area (TPSA) is 59.5 Å². The molecule has 0 spiro atoms. The molecule has 4 rings (SSSR count). The van der Waals surface area contributed by atoms with Gasteiger partial charge in [0.1, 0.15) is 18.2 Å². The molecule has 2 atom stereocenters. The number of aromatic nitrogens is 2. The van der Waals surface area contributed by atoms with Crippen LogP contribution < -0.4 is 14.8 Å². The van der Waals surface area contributed by atoms with Crippen molar-refractivity contribution in [3.8, 4) is 11.5 Å². The lowest BCUT2D eigenvalue weighted by Crippen LogP contribution is -2.41. The Morgan fingerprint density at radius 3 is 2.54 bits per heavy atom. The Kier molecular flexibility index (Phi) is 7.34. The van der Waals surface area contributed by atoms with E-state index < -0.39 is 5.92 Å². The van der Waals surface area contributed by atoms with Crippen molar-refractivity contribution in [2.75, 3.05) is 26.1 Å². The van der Waals surface area contributed by atoms with Crippen LogP contribution in [-0.2, 0) is 5.92 Å². The first-order valence-corrected chi connectivity index (χ1v) is 12.8. The highest BCUT2D eigenvalue weighted by atomic mass is 19.3. The van der Waals surface area contributed by atoms with Gasteiger partial charge in [0, 0.05) is 35.5 Å². The summed E-state index contributed by atoms with van der Waals surface area (Å²) < 4.78 is 40.2. The van der Waals surface area contributed by atoms with E-state index in [4.69, 9.17) is 9.47 Å². The lowest BCUT2D eigenvalue weighted by molar-refractivity contribution is 0.0167. The van der Waals surface area contributed by atoms with E-state index in [1.165, 1.54) is 6.07 Å². The number of nitrogens with zero attached hydrogens (tertiary/aromatic N) is 3. The second kappa shape index (κ2) is 10.0. The molecule has 0 saturated carbocycles. The first kappa shape index (κ1) is 27.0. The first-order chi connectivity index (χ1) is 17.3. The fraction of sp³-hybridized carbons (Fsp3) is 0.517. The van der Waals surface area contributed by atoms with Gasteiger partial charge >= 0.3 is 0 Å². The third-order valence-electron chi connectivity index (χ3n) is 7.78. The predicted molar refractivity (Wildman–Crippen MR) is 144 cm³/mol. The molecule has 1 fully saturated rings. The zero-order valence-corrected chi connectivity index (χ0v) is 23.1. The Balaban J connectivity index is 1.66. The van der Waals surface area contributed by atoms with Gasteiger partial charge in [-0.05, 0) is 71.7 Å². The van der Waals surface area contributed by atoms with Crippen molar-refractivity contribution in [3.63, 3.8) is 0 Å². The summed E-state index contributed by atoms with van der Waals surface area (Å²) in [7, 11) is 3.76. The molecule has 2 heterocycles. The van der Waals surface area contributed by atoms with Crippen LogP contribution in [0.5, 0.6) is 11.5 Å². The van der Waals surface area contributed by atoms with E-state index in [9.17, 15) is 8.78 Å². The SMILES string of the molecule is COc1cc2nc(C)nc(N[C@H](C)c3cccc(C(C)(F)F)c3C)c2cc1OC[C@@H]1CCC(C)(C)N1C. The molecule has 0 aliphatic carbocycles. The molecule has 1 aliphatic rings. The third-order valence-corrected chi connectivity index (χ3v) is 7.78. The maximum absolute atomic E-state index is 14.1. The molecule has 1 N–H and O–H groups in total. The molecular formula is C29H38F2N4O2. The van der Waals surface area contributed by atoms with Crippen molar-refractivity contribution >= 4 is 16.7 Å². The number of ether oxygens (including phenoxy) is 2. The van der Waals surface area contributed by atoms with Crippen LogP contribution in [0.15, 0.2) is 30.3 Å². The van der Waals surface area contributed by atoms with Crippen LogP contribution in [0, 0.1) is 13.8 Å². The summed E-state index contributed by atoms with van der Waals surface area (Å²) in [4.78, 5) is 11.6. The van der Waals surface area contributed by atoms with Gasteiger partial charge in [-0.2, -0.15) is 0 Å². The molecular weight excluding hydrogens is 474 g/mol. The van der Waals surface area contributed by atoms with Crippen LogP contribution in [0.2, 0.25) is 0 Å². The lowest BCUT2D eigenvalue weighted by Gasteiger charge is -2.31. The minimum atomic E-state index is -2.91. The highest BCUT2D eigenvalue weighted by Gasteiger charge is 2.37. The fourth-order valence-corrected chi connectivity index (χ4v) is 5.28. The van der Waals surface area contributed by atoms with E-state index in [0.717, 1.165) is 36.2 Å². The molecule has 0 amide bonds. The van der Waals surface area contributed by atoms with Crippen LogP contribution in [-0.4, -0.2) is 47.2 Å². The van der Waals surface area contributed by atoms with Gasteiger partial charge in [0.15, 0.2) is 11.5 Å². The summed E-state index contributed by atoms with van der Waals surface area (Å²) >= 11 is 0. The minimum absolute atomic E-state index is 0.0304. The Bertz CT molecular complexity index is 1290. The summed E-state index contributed by atoms with van der Waals surface area (Å²) in [6.45, 7) is 11.5. The number of hydrogen-bond acceptors (Lipinski definition) is 6. The Labute approximate surface area is 218 Å². The minimum Gasteiger partial charge on any atom is -0.493 e. The summed E-state index contributed by atoms with van der Waals surface area (Å²) in [6.07, 6.45) is 2.19. The largest absolute Gasteiger partial charge is 0.493 e. The van der Waals surface area contributed by atoms with Crippen molar-refractivity contribution in [1.29, 1.82) is 0 Å². The maximum Gasteiger partial charge on any atom is 0.270 e. The number of fused-ring (bicyclic) bond motifs is 1. The number of alkyl halides is 2. The van der Waals surface area contributed by atoms with Gasteiger partial charge in [-0.3, -0.25) is 4.90 Å². The molecule has 0 unspecified atom stereocenters. The summed E-state index contributed by atoms with van der Waals surface area (Å²) in [5, 5.41) is 4.22. The number of likely N-dealkylation sites (tertiary alicyclic amines) is 1. The van der Waals surface area contributed by atoms with Crippen LogP contribution in [0.3, 0.4) is 0 Å². The number of nitrogens with one attached hydrogen (secondary N) is 1. The molecule has 8 heteroatoms. The Morgan fingerprint density at radius 2 is 1.92 bits per heavy atom. The number of methoxy groups -OCH3 is 1. The molecule has 2 aromatic carbocycles. The molecule has 6 nitrogen and oxygen atoms in total. The number of likely N-dealkylation sites (N-methyl/N-ethyl adjacent to an activating group) is 1. The van der Waals surface area contributed by atoms with Gasteiger partial charge in [0.2, 0.25) is 0 Å². The predicted octanol–water partition coefficient (Wildman–Crippen LogP) is 6.79. The van der Waals surface area contributed by atoms with E-state index in [0.29, 0.717) is 41.4 Å². The van der Waals surface area contributed by atoms with Gasteiger partial charge in [0.25, 0.3) is 5.92 Å². The quantitative estimate of drug-likeness (QED) is 0.359. The highest BCUT2D eigenvalue weighted by molar-refractivity contribution is 5.92. The maximum atomic E-state index is 14.1. The van der Waals surface area contributed by atoms with Crippen molar-refractivity contribution in [1.82, 2.24) is 14.9 Å². The second-order valence-electron chi connectivity index (χ2n) is 10.8. The smallest absolute Gasteiger partial charge is 0.270 e. The van der Waals surface area contributed by atoms with E-state index in [2.05, 4.69) is 41.1 Å². The molecule has 0 radical (unpaired) electrons. The van der Waals surface area contributed by atoms with Crippen LogP contribution in [0.25, 0.3) is 10.9 Å². The van der Waals surface area contributed by atoms with Gasteiger partial charge in [-0.1, -0.05) is 18.2 Å². The van der Waals surface area contributed by atoms with E-state index in [-0.39, 0.29) is 17.1 Å². The normalized spacial score (nSPS) is 18.7. The first-order valence-electron chi connectivity index (χ1n) is 12.8. The number of anilines is 1. The number of halogens is 2. The number of rotatable bonds is 8. The van der Waals surface area contributed by atoms with Crippen LogP contribution in [0.4, 0.5) is 14.6 Å². The second-order valence-corrected chi connectivity index (χ2v) is 10.8. The monoisotopic (exact) mass is 512 g/mol. The Morgan fingerprint density at radius 1 is 1.19 bits per heavy atom. The zero-order chi connectivity index (χ0) is 27.1. The molecule has 200 valence electrons. The van der Waals surface area contributed by atoms with Crippen molar-refractivity contribution in [3.05, 3.63) is 52.8 Å². The van der Waals surface area contributed by atoms with Crippen molar-refractivity contribution < 1.29 is 18.3 Å². The summed E-state index contributed by atoms with van der Waals surface area (Å²) in [5.74, 6) is -0.463. The number of benzene rings is 2. The van der Waals surface area contributed by atoms with Crippen molar-refractivity contribution in [2.45, 2.75) is 77.9 Å². The lowest BCUT2D eigenvalue weighted by atomic mass is 9.94. The van der Waals surface area contributed by atoms with E-state index >= 15 is 0 Å². The van der Waals surface area contributed by atoms with Gasteiger partial charge in [-0.25, -0.2) is 18.7 Å². The summed E-state index contributed by atoms with van der Waals surface area (Å²) in [5.41, 5.74) is 2.26. The van der Waals surface area contributed by atoms with Crippen LogP contribution in [0.1, 0.15) is 69.1 Å². The van der Waals surface area contributed by atoms with Gasteiger partial charge in [0.05, 0.1) is 18.7 Å². The van der Waals surface area contributed by atoms with Gasteiger partial charge in [-0.15, -0.1) is 0 Å². The Hall–Kier alpha value is -3.00. The number of aryl methyl sites for hydroxylation is 1. The molecule has 37 heavy (non-hydrogen) atoms. The molecule has 0 bridgehead atoms. The highest BCUT2D eigenvalue weighted by Crippen LogP contribution is 2.38. The molecule has 1 aromatic heterocycles. The van der Waals surface area contributed by atoms with Crippen LogP contribution >= 0.6 is 0 Å². The standard InChI is InChI=1S/C29H38F2N4O2/c1-17-21(10-9-11-23(17)29(6,30)31)18(2)32-27-22-14-26(25(36-8)15-24(22)33-19(3)34-27)37-16-20-12-13-28(4,5)35(20)7/h9-11,14-15,18,20H,12-13,16H2,1-8H3,(H,32,33,34)/t18-,20+/m1/s1. The third kappa shape index (κ3) is 5.49. The molecule has 3 aromatic rings.